The number of carboxylic acid groups (broad SMARTS) is 1. The van der Waals surface area contributed by atoms with Crippen LogP contribution in [0.5, 0.6) is 11.5 Å². The maximum atomic E-state index is 11.4. The molecule has 20 heavy (non-hydrogen) atoms. The molecule has 0 saturated heterocycles. The highest BCUT2D eigenvalue weighted by Gasteiger charge is 2.25. The van der Waals surface area contributed by atoms with Crippen LogP contribution in [0.4, 0.5) is 5.69 Å². The van der Waals surface area contributed by atoms with Crippen LogP contribution >= 0.6 is 0 Å². The molecule has 1 rings (SSSR count). The Bertz CT molecular complexity index is 447. The fraction of sp³-hybridized carbons (Fsp3) is 0.533. The van der Waals surface area contributed by atoms with Crippen LogP contribution in [0.1, 0.15) is 26.7 Å². The summed E-state index contributed by atoms with van der Waals surface area (Å²) in [5.74, 6) is 0.488. The molecule has 0 aliphatic carbocycles. The van der Waals surface area contributed by atoms with E-state index in [1.165, 1.54) is 0 Å². The van der Waals surface area contributed by atoms with E-state index in [0.717, 1.165) is 12.1 Å². The van der Waals surface area contributed by atoms with Crippen LogP contribution < -0.4 is 14.4 Å². The molecule has 5 heteroatoms. The molecule has 0 fully saturated rings. The zero-order valence-corrected chi connectivity index (χ0v) is 12.5. The molecule has 0 spiro atoms. The molecule has 0 aliphatic heterocycles. The SMILES string of the molecule is CCCN(c1ccc(OC)cc1OC)[C@@H](CC)C(=O)O. The molecule has 0 amide bonds. The molecule has 1 atom stereocenters. The second-order valence-corrected chi connectivity index (χ2v) is 4.49. The third-order valence-corrected chi connectivity index (χ3v) is 3.21. The predicted molar refractivity (Wildman–Crippen MR) is 78.9 cm³/mol. The molecule has 0 aliphatic rings. The standard InChI is InChI=1S/C15H23NO4/c1-5-9-16(12(6-2)15(17)18)13-8-7-11(19-3)10-14(13)20-4/h7-8,10,12H,5-6,9H2,1-4H3,(H,17,18)/t12-/m0/s1. The number of ether oxygens (including phenoxy) is 2. The van der Waals surface area contributed by atoms with Gasteiger partial charge in [-0.25, -0.2) is 4.79 Å². The Labute approximate surface area is 120 Å². The molecule has 1 aromatic carbocycles. The monoisotopic (exact) mass is 281 g/mol. The third-order valence-electron chi connectivity index (χ3n) is 3.21. The number of anilines is 1. The number of methoxy groups -OCH3 is 2. The van der Waals surface area contributed by atoms with Crippen molar-refractivity contribution in [2.24, 2.45) is 0 Å². The molecular weight excluding hydrogens is 258 g/mol. The van der Waals surface area contributed by atoms with Crippen LogP contribution in [-0.4, -0.2) is 37.9 Å². The maximum absolute atomic E-state index is 11.4. The smallest absolute Gasteiger partial charge is 0.326 e. The largest absolute Gasteiger partial charge is 0.497 e. The predicted octanol–water partition coefficient (Wildman–Crippen LogP) is 2.78. The van der Waals surface area contributed by atoms with Gasteiger partial charge in [-0.15, -0.1) is 0 Å². The van der Waals surface area contributed by atoms with Gasteiger partial charge in [0.05, 0.1) is 19.9 Å². The number of hydrogen-bond donors (Lipinski definition) is 1. The number of rotatable bonds is 8. The average molecular weight is 281 g/mol. The zero-order chi connectivity index (χ0) is 15.1. The second kappa shape index (κ2) is 7.62. The van der Waals surface area contributed by atoms with Gasteiger partial charge >= 0.3 is 5.97 Å². The van der Waals surface area contributed by atoms with Crippen molar-refractivity contribution in [3.05, 3.63) is 18.2 Å². The summed E-state index contributed by atoms with van der Waals surface area (Å²) in [5.41, 5.74) is 0.782. The summed E-state index contributed by atoms with van der Waals surface area (Å²) in [4.78, 5) is 13.3. The molecule has 1 aromatic rings. The number of hydrogen-bond acceptors (Lipinski definition) is 4. The Morgan fingerprint density at radius 1 is 1.30 bits per heavy atom. The second-order valence-electron chi connectivity index (χ2n) is 4.49. The highest BCUT2D eigenvalue weighted by Crippen LogP contribution is 2.34. The molecule has 0 unspecified atom stereocenters. The van der Waals surface area contributed by atoms with E-state index in [0.29, 0.717) is 24.5 Å². The molecule has 112 valence electrons. The number of aliphatic carboxylic acids is 1. The van der Waals surface area contributed by atoms with Gasteiger partial charge in [0.2, 0.25) is 0 Å². The van der Waals surface area contributed by atoms with E-state index in [-0.39, 0.29) is 0 Å². The van der Waals surface area contributed by atoms with E-state index < -0.39 is 12.0 Å². The van der Waals surface area contributed by atoms with Crippen LogP contribution in [0.15, 0.2) is 18.2 Å². The van der Waals surface area contributed by atoms with E-state index in [2.05, 4.69) is 0 Å². The van der Waals surface area contributed by atoms with Crippen molar-refractivity contribution < 1.29 is 19.4 Å². The summed E-state index contributed by atoms with van der Waals surface area (Å²) in [6.45, 7) is 4.56. The normalized spacial score (nSPS) is 11.8. The summed E-state index contributed by atoms with van der Waals surface area (Å²) in [5, 5.41) is 9.39. The van der Waals surface area contributed by atoms with Crippen LogP contribution in [0, 0.1) is 0 Å². The average Bonchev–Trinajstić information content (AvgIpc) is 2.46. The summed E-state index contributed by atoms with van der Waals surface area (Å²) in [6, 6.07) is 4.87. The lowest BCUT2D eigenvalue weighted by atomic mass is 10.1. The quantitative estimate of drug-likeness (QED) is 0.794. The summed E-state index contributed by atoms with van der Waals surface area (Å²) in [6.07, 6.45) is 1.39. The fourth-order valence-corrected chi connectivity index (χ4v) is 2.24. The lowest BCUT2D eigenvalue weighted by Crippen LogP contribution is -2.41. The van der Waals surface area contributed by atoms with E-state index in [1.54, 1.807) is 20.3 Å². The Morgan fingerprint density at radius 2 is 2.00 bits per heavy atom. The zero-order valence-electron chi connectivity index (χ0n) is 12.5. The van der Waals surface area contributed by atoms with E-state index in [1.807, 2.05) is 30.9 Å². The molecule has 5 nitrogen and oxygen atoms in total. The van der Waals surface area contributed by atoms with E-state index in [4.69, 9.17) is 9.47 Å². The van der Waals surface area contributed by atoms with Gasteiger partial charge in [-0.2, -0.15) is 0 Å². The highest BCUT2D eigenvalue weighted by atomic mass is 16.5. The summed E-state index contributed by atoms with van der Waals surface area (Å²) < 4.78 is 10.5. The first-order valence-corrected chi connectivity index (χ1v) is 6.80. The van der Waals surface area contributed by atoms with Crippen LogP contribution in [0.3, 0.4) is 0 Å². The summed E-state index contributed by atoms with van der Waals surface area (Å²) >= 11 is 0. The minimum absolute atomic E-state index is 0.532. The third kappa shape index (κ3) is 3.56. The maximum Gasteiger partial charge on any atom is 0.326 e. The van der Waals surface area contributed by atoms with Gasteiger partial charge in [0, 0.05) is 12.6 Å². The Hall–Kier alpha value is -1.91. The van der Waals surface area contributed by atoms with Crippen molar-refractivity contribution in [2.75, 3.05) is 25.7 Å². The molecule has 0 aromatic heterocycles. The number of carboxylic acids is 1. The van der Waals surface area contributed by atoms with E-state index >= 15 is 0 Å². The lowest BCUT2D eigenvalue weighted by Gasteiger charge is -2.31. The van der Waals surface area contributed by atoms with Gasteiger partial charge in [-0.3, -0.25) is 0 Å². The van der Waals surface area contributed by atoms with Gasteiger partial charge in [0.15, 0.2) is 0 Å². The molecule has 1 N–H and O–H groups in total. The van der Waals surface area contributed by atoms with Gasteiger partial charge in [-0.1, -0.05) is 13.8 Å². The molecule has 0 radical (unpaired) electrons. The number of carbonyl (C=O) groups is 1. The van der Waals surface area contributed by atoms with Gasteiger partial charge in [-0.05, 0) is 25.0 Å². The first kappa shape index (κ1) is 16.1. The minimum atomic E-state index is -0.821. The number of nitrogens with zero attached hydrogens (tertiary/aromatic N) is 1. The molecule has 0 bridgehead atoms. The Morgan fingerprint density at radius 3 is 2.45 bits per heavy atom. The first-order chi connectivity index (χ1) is 9.58. The number of benzene rings is 1. The Balaban J connectivity index is 3.22. The van der Waals surface area contributed by atoms with Crippen molar-refractivity contribution in [1.82, 2.24) is 0 Å². The van der Waals surface area contributed by atoms with Crippen molar-refractivity contribution in [2.45, 2.75) is 32.7 Å². The topological polar surface area (TPSA) is 59.0 Å². The van der Waals surface area contributed by atoms with E-state index in [9.17, 15) is 9.90 Å². The van der Waals surface area contributed by atoms with Crippen LogP contribution in [0.25, 0.3) is 0 Å². The molecule has 0 heterocycles. The highest BCUT2D eigenvalue weighted by molar-refractivity contribution is 5.79. The Kier molecular flexibility index (Phi) is 6.15. The molecular formula is C15H23NO4. The van der Waals surface area contributed by atoms with Crippen LogP contribution in [-0.2, 0) is 4.79 Å². The van der Waals surface area contributed by atoms with Crippen molar-refractivity contribution in [3.63, 3.8) is 0 Å². The van der Waals surface area contributed by atoms with Gasteiger partial charge < -0.3 is 19.5 Å². The van der Waals surface area contributed by atoms with Gasteiger partial charge in [0.1, 0.15) is 17.5 Å². The van der Waals surface area contributed by atoms with Crippen molar-refractivity contribution in [3.8, 4) is 11.5 Å². The van der Waals surface area contributed by atoms with Gasteiger partial charge in [0.25, 0.3) is 0 Å². The minimum Gasteiger partial charge on any atom is -0.497 e. The fourth-order valence-electron chi connectivity index (χ4n) is 2.24. The lowest BCUT2D eigenvalue weighted by molar-refractivity contribution is -0.138. The van der Waals surface area contributed by atoms with Crippen LogP contribution in [0.2, 0.25) is 0 Å². The summed E-state index contributed by atoms with van der Waals surface area (Å²) in [7, 11) is 3.16. The van der Waals surface area contributed by atoms with Crippen molar-refractivity contribution >= 4 is 11.7 Å². The van der Waals surface area contributed by atoms with Crippen molar-refractivity contribution in [1.29, 1.82) is 0 Å². The first-order valence-electron chi connectivity index (χ1n) is 6.80. The molecule has 0 saturated carbocycles.